The van der Waals surface area contributed by atoms with E-state index in [1.165, 1.54) is 0 Å². The first kappa shape index (κ1) is 21.2. The molecule has 1 fully saturated rings. The molecule has 0 bridgehead atoms. The van der Waals surface area contributed by atoms with Gasteiger partial charge in [-0.3, -0.25) is 9.59 Å². The molecule has 0 aliphatic carbocycles. The second-order valence-corrected chi connectivity index (χ2v) is 8.11. The van der Waals surface area contributed by atoms with E-state index in [4.69, 9.17) is 4.74 Å². The van der Waals surface area contributed by atoms with Crippen molar-refractivity contribution in [2.75, 3.05) is 38.8 Å². The Bertz CT molecular complexity index is 830. The number of hydrogen-bond acceptors (Lipinski definition) is 4. The Morgan fingerprint density at radius 1 is 1.10 bits per heavy atom. The number of piperidine rings is 1. The minimum absolute atomic E-state index is 0.00817. The van der Waals surface area contributed by atoms with Crippen molar-refractivity contribution in [2.24, 2.45) is 5.92 Å². The van der Waals surface area contributed by atoms with Crippen LogP contribution in [0.1, 0.15) is 23.2 Å². The molecule has 154 valence electrons. The van der Waals surface area contributed by atoms with E-state index < -0.39 is 0 Å². The molecular formula is C23H28N2O3S. The van der Waals surface area contributed by atoms with E-state index in [9.17, 15) is 9.59 Å². The van der Waals surface area contributed by atoms with Gasteiger partial charge in [0.15, 0.2) is 0 Å². The molecule has 29 heavy (non-hydrogen) atoms. The van der Waals surface area contributed by atoms with Gasteiger partial charge in [-0.15, -0.1) is 0 Å². The molecule has 1 aliphatic rings. The zero-order chi connectivity index (χ0) is 20.6. The van der Waals surface area contributed by atoms with E-state index in [0.29, 0.717) is 25.2 Å². The number of ether oxygens (including phenoxy) is 1. The highest BCUT2D eigenvalue weighted by Gasteiger charge is 2.27. The summed E-state index contributed by atoms with van der Waals surface area (Å²) in [5, 5.41) is 2.99. The largest absolute Gasteiger partial charge is 0.496 e. The summed E-state index contributed by atoms with van der Waals surface area (Å²) >= 11 is 1.72. The van der Waals surface area contributed by atoms with Crippen LogP contribution in [0.25, 0.3) is 11.1 Å². The van der Waals surface area contributed by atoms with Gasteiger partial charge >= 0.3 is 0 Å². The van der Waals surface area contributed by atoms with Crippen molar-refractivity contribution >= 4 is 23.6 Å². The van der Waals surface area contributed by atoms with Gasteiger partial charge in [-0.25, -0.2) is 0 Å². The molecular weight excluding hydrogens is 384 g/mol. The first-order chi connectivity index (χ1) is 14.1. The molecule has 2 aromatic carbocycles. The standard InChI is InChI=1S/C23H28N2O3S/c1-28-21-6-4-3-5-20(21)17-7-9-19(10-8-17)23(27)25-14-11-18(12-15-25)22(26)24-13-16-29-2/h3-10,18H,11-16H2,1-2H3,(H,24,26). The van der Waals surface area contributed by atoms with E-state index in [1.54, 1.807) is 18.9 Å². The highest BCUT2D eigenvalue weighted by Crippen LogP contribution is 2.30. The lowest BCUT2D eigenvalue weighted by molar-refractivity contribution is -0.126. The zero-order valence-corrected chi connectivity index (χ0v) is 17.8. The van der Waals surface area contributed by atoms with Crippen LogP contribution >= 0.6 is 11.8 Å². The summed E-state index contributed by atoms with van der Waals surface area (Å²) in [6.07, 6.45) is 3.46. The van der Waals surface area contributed by atoms with Gasteiger partial charge in [0.25, 0.3) is 5.91 Å². The number of nitrogens with one attached hydrogen (secondary N) is 1. The summed E-state index contributed by atoms with van der Waals surface area (Å²) in [5.74, 6) is 1.89. The predicted molar refractivity (Wildman–Crippen MR) is 118 cm³/mol. The lowest BCUT2D eigenvalue weighted by Crippen LogP contribution is -2.43. The molecule has 0 spiro atoms. The number of thioether (sulfide) groups is 1. The summed E-state index contributed by atoms with van der Waals surface area (Å²) in [6, 6.07) is 15.5. The van der Waals surface area contributed by atoms with Gasteiger partial charge in [-0.2, -0.15) is 11.8 Å². The fourth-order valence-electron chi connectivity index (χ4n) is 3.62. The molecule has 1 N–H and O–H groups in total. The van der Waals surface area contributed by atoms with Gasteiger partial charge in [0, 0.05) is 42.4 Å². The first-order valence-electron chi connectivity index (χ1n) is 9.93. The molecule has 0 unspecified atom stereocenters. The van der Waals surface area contributed by atoms with Gasteiger partial charge in [-0.05, 0) is 42.9 Å². The van der Waals surface area contributed by atoms with Crippen molar-refractivity contribution in [3.63, 3.8) is 0 Å². The number of benzene rings is 2. The molecule has 0 radical (unpaired) electrons. The Hall–Kier alpha value is -2.47. The number of carbonyl (C=O) groups is 2. The van der Waals surface area contributed by atoms with Gasteiger partial charge in [0.05, 0.1) is 7.11 Å². The van der Waals surface area contributed by atoms with Crippen LogP contribution in [0.5, 0.6) is 5.75 Å². The molecule has 1 heterocycles. The topological polar surface area (TPSA) is 58.6 Å². The number of nitrogens with zero attached hydrogens (tertiary/aromatic N) is 1. The number of hydrogen-bond donors (Lipinski definition) is 1. The van der Waals surface area contributed by atoms with Crippen molar-refractivity contribution in [1.82, 2.24) is 10.2 Å². The van der Waals surface area contributed by atoms with Crippen molar-refractivity contribution in [1.29, 1.82) is 0 Å². The Kier molecular flexibility index (Phi) is 7.58. The number of methoxy groups -OCH3 is 1. The Balaban J connectivity index is 1.58. The lowest BCUT2D eigenvalue weighted by atomic mass is 9.95. The second-order valence-electron chi connectivity index (χ2n) is 7.13. The number of rotatable bonds is 7. The fourth-order valence-corrected chi connectivity index (χ4v) is 3.93. The van der Waals surface area contributed by atoms with Crippen LogP contribution in [0.3, 0.4) is 0 Å². The van der Waals surface area contributed by atoms with Crippen molar-refractivity contribution in [3.8, 4) is 16.9 Å². The zero-order valence-electron chi connectivity index (χ0n) is 17.0. The van der Waals surface area contributed by atoms with Crippen LogP contribution in [0.4, 0.5) is 0 Å². The highest BCUT2D eigenvalue weighted by molar-refractivity contribution is 7.98. The van der Waals surface area contributed by atoms with Crippen molar-refractivity contribution < 1.29 is 14.3 Å². The summed E-state index contributed by atoms with van der Waals surface area (Å²) < 4.78 is 5.42. The molecule has 2 amide bonds. The van der Waals surface area contributed by atoms with E-state index in [-0.39, 0.29) is 17.7 Å². The smallest absolute Gasteiger partial charge is 0.253 e. The summed E-state index contributed by atoms with van der Waals surface area (Å²) in [6.45, 7) is 1.94. The molecule has 3 rings (SSSR count). The maximum atomic E-state index is 12.9. The van der Waals surface area contributed by atoms with Crippen LogP contribution in [-0.2, 0) is 4.79 Å². The monoisotopic (exact) mass is 412 g/mol. The lowest BCUT2D eigenvalue weighted by Gasteiger charge is -2.31. The molecule has 5 nitrogen and oxygen atoms in total. The molecule has 1 aliphatic heterocycles. The van der Waals surface area contributed by atoms with E-state index in [0.717, 1.165) is 35.5 Å². The third kappa shape index (κ3) is 5.32. The third-order valence-corrected chi connectivity index (χ3v) is 5.92. The van der Waals surface area contributed by atoms with Crippen LogP contribution in [-0.4, -0.2) is 55.5 Å². The van der Waals surface area contributed by atoms with Crippen LogP contribution < -0.4 is 10.1 Å². The van der Waals surface area contributed by atoms with Gasteiger partial charge < -0.3 is 15.0 Å². The Morgan fingerprint density at radius 3 is 2.45 bits per heavy atom. The maximum Gasteiger partial charge on any atom is 0.253 e. The molecule has 0 saturated carbocycles. The maximum absolute atomic E-state index is 12.9. The number of likely N-dealkylation sites (tertiary alicyclic amines) is 1. The Morgan fingerprint density at radius 2 is 1.79 bits per heavy atom. The average molecular weight is 413 g/mol. The SMILES string of the molecule is COc1ccccc1-c1ccc(C(=O)N2CCC(C(=O)NCCSC)CC2)cc1. The Labute approximate surface area is 176 Å². The van der Waals surface area contributed by atoms with Gasteiger partial charge in [-0.1, -0.05) is 30.3 Å². The average Bonchev–Trinajstić information content (AvgIpc) is 2.79. The van der Waals surface area contributed by atoms with E-state index >= 15 is 0 Å². The van der Waals surface area contributed by atoms with E-state index in [1.807, 2.05) is 59.7 Å². The minimum atomic E-state index is 0.00817. The summed E-state index contributed by atoms with van der Waals surface area (Å²) in [7, 11) is 1.66. The first-order valence-corrected chi connectivity index (χ1v) is 11.3. The highest BCUT2D eigenvalue weighted by atomic mass is 32.2. The number of amides is 2. The normalized spacial score (nSPS) is 14.5. The van der Waals surface area contributed by atoms with E-state index in [2.05, 4.69) is 5.32 Å². The fraction of sp³-hybridized carbons (Fsp3) is 0.391. The van der Waals surface area contributed by atoms with Crippen molar-refractivity contribution in [3.05, 3.63) is 54.1 Å². The van der Waals surface area contributed by atoms with Crippen molar-refractivity contribution in [2.45, 2.75) is 12.8 Å². The molecule has 2 aromatic rings. The summed E-state index contributed by atoms with van der Waals surface area (Å²) in [4.78, 5) is 26.9. The van der Waals surface area contributed by atoms with Gasteiger partial charge in [0.1, 0.15) is 5.75 Å². The predicted octanol–water partition coefficient (Wildman–Crippen LogP) is 3.69. The molecule has 0 atom stereocenters. The van der Waals surface area contributed by atoms with Crippen LogP contribution in [0.2, 0.25) is 0 Å². The molecule has 0 aromatic heterocycles. The molecule has 1 saturated heterocycles. The number of carbonyl (C=O) groups excluding carboxylic acids is 2. The minimum Gasteiger partial charge on any atom is -0.496 e. The number of para-hydroxylation sites is 1. The van der Waals surface area contributed by atoms with Gasteiger partial charge in [0.2, 0.25) is 5.91 Å². The van der Waals surface area contributed by atoms with Crippen LogP contribution in [0, 0.1) is 5.92 Å². The third-order valence-electron chi connectivity index (χ3n) is 5.31. The second kappa shape index (κ2) is 10.3. The van der Waals surface area contributed by atoms with Crippen LogP contribution in [0.15, 0.2) is 48.5 Å². The quantitative estimate of drug-likeness (QED) is 0.705. The summed E-state index contributed by atoms with van der Waals surface area (Å²) in [5.41, 5.74) is 2.69. The molecule has 6 heteroatoms.